The minimum atomic E-state index is -4.35. The Morgan fingerprint density at radius 2 is 1.89 bits per heavy atom. The number of nitrogens with zero attached hydrogens (tertiary/aromatic N) is 1. The number of hydrogen-bond acceptors (Lipinski definition) is 2. The second kappa shape index (κ2) is 6.80. The van der Waals surface area contributed by atoms with E-state index >= 15 is 0 Å². The summed E-state index contributed by atoms with van der Waals surface area (Å²) < 4.78 is 39.3. The second-order valence-corrected chi connectivity index (χ2v) is 4.49. The van der Waals surface area contributed by atoms with Gasteiger partial charge in [0.05, 0.1) is 5.56 Å². The number of benzene rings is 1. The van der Waals surface area contributed by atoms with Gasteiger partial charge in [0.2, 0.25) is 0 Å². The summed E-state index contributed by atoms with van der Waals surface area (Å²) in [6, 6.07) is 4.35. The maximum Gasteiger partial charge on any atom is 0.418 e. The van der Waals surface area contributed by atoms with Crippen LogP contribution in [0.2, 0.25) is 0 Å². The molecule has 2 nitrogen and oxygen atoms in total. The Hall–Kier alpha value is -1.23. The number of rotatable bonds is 6. The van der Waals surface area contributed by atoms with Crippen molar-refractivity contribution in [2.75, 3.05) is 18.0 Å². The number of hydrogen-bond donors (Lipinski definition) is 1. The van der Waals surface area contributed by atoms with Gasteiger partial charge >= 0.3 is 6.18 Å². The Balaban J connectivity index is 3.17. The van der Waals surface area contributed by atoms with Gasteiger partial charge < -0.3 is 10.6 Å². The highest BCUT2D eigenvalue weighted by molar-refractivity contribution is 5.56. The van der Waals surface area contributed by atoms with Crippen molar-refractivity contribution in [1.29, 1.82) is 0 Å². The van der Waals surface area contributed by atoms with Gasteiger partial charge in [-0.25, -0.2) is 0 Å². The molecule has 0 aromatic heterocycles. The first-order chi connectivity index (χ1) is 8.93. The van der Waals surface area contributed by atoms with Gasteiger partial charge in [-0.15, -0.1) is 0 Å². The van der Waals surface area contributed by atoms with Crippen LogP contribution in [0, 0.1) is 0 Å². The SMILES string of the molecule is CCCCN(CC)c1ccc(CN)cc1C(F)(F)F. The molecule has 0 heterocycles. The molecule has 0 spiro atoms. The van der Waals surface area contributed by atoms with Crippen LogP contribution in [0.4, 0.5) is 18.9 Å². The predicted octanol–water partition coefficient (Wildman–Crippen LogP) is 3.79. The van der Waals surface area contributed by atoms with Gasteiger partial charge in [0.1, 0.15) is 0 Å². The highest BCUT2D eigenvalue weighted by Crippen LogP contribution is 2.37. The molecule has 1 rings (SSSR count). The maximum atomic E-state index is 13.1. The molecule has 1 aromatic rings. The summed E-state index contributed by atoms with van der Waals surface area (Å²) in [5, 5.41) is 0. The molecule has 0 fully saturated rings. The fraction of sp³-hybridized carbons (Fsp3) is 0.571. The summed E-state index contributed by atoms with van der Waals surface area (Å²) >= 11 is 0. The normalized spacial score (nSPS) is 11.7. The molecule has 0 atom stereocenters. The van der Waals surface area contributed by atoms with Crippen molar-refractivity contribution in [3.8, 4) is 0 Å². The quantitative estimate of drug-likeness (QED) is 0.855. The van der Waals surface area contributed by atoms with Crippen LogP contribution < -0.4 is 10.6 Å². The number of halogens is 3. The van der Waals surface area contributed by atoms with Gasteiger partial charge in [-0.1, -0.05) is 19.4 Å². The van der Waals surface area contributed by atoms with Crippen LogP contribution in [0.1, 0.15) is 37.8 Å². The molecule has 19 heavy (non-hydrogen) atoms. The van der Waals surface area contributed by atoms with E-state index in [4.69, 9.17) is 5.73 Å². The van der Waals surface area contributed by atoms with Gasteiger partial charge in [-0.3, -0.25) is 0 Å². The smallest absolute Gasteiger partial charge is 0.371 e. The maximum absolute atomic E-state index is 13.1. The highest BCUT2D eigenvalue weighted by Gasteiger charge is 2.34. The number of alkyl halides is 3. The number of nitrogens with two attached hydrogens (primary N) is 1. The summed E-state index contributed by atoms with van der Waals surface area (Å²) in [5.41, 5.74) is 5.58. The molecule has 0 aliphatic carbocycles. The van der Waals surface area contributed by atoms with Gasteiger partial charge in [0.15, 0.2) is 0 Å². The molecule has 0 aliphatic heterocycles. The van der Waals surface area contributed by atoms with Crippen LogP contribution in [0.5, 0.6) is 0 Å². The van der Waals surface area contributed by atoms with Gasteiger partial charge in [0, 0.05) is 25.3 Å². The minimum Gasteiger partial charge on any atom is -0.371 e. The van der Waals surface area contributed by atoms with E-state index in [0.29, 0.717) is 18.7 Å². The average molecular weight is 274 g/mol. The molecule has 0 unspecified atom stereocenters. The van der Waals surface area contributed by atoms with E-state index in [1.165, 1.54) is 6.07 Å². The van der Waals surface area contributed by atoms with E-state index in [0.717, 1.165) is 18.9 Å². The molecule has 0 bridgehead atoms. The molecule has 1 aromatic carbocycles. The van der Waals surface area contributed by atoms with Crippen LogP contribution in [-0.4, -0.2) is 13.1 Å². The third-order valence-electron chi connectivity index (χ3n) is 3.11. The summed E-state index contributed by atoms with van der Waals surface area (Å²) in [6.45, 7) is 5.20. The Morgan fingerprint density at radius 3 is 2.37 bits per heavy atom. The lowest BCUT2D eigenvalue weighted by molar-refractivity contribution is -0.137. The molecular formula is C14H21F3N2. The molecule has 0 aliphatic rings. The monoisotopic (exact) mass is 274 g/mol. The summed E-state index contributed by atoms with van der Waals surface area (Å²) in [7, 11) is 0. The van der Waals surface area contributed by atoms with Crippen molar-refractivity contribution >= 4 is 5.69 Å². The zero-order chi connectivity index (χ0) is 14.5. The first-order valence-corrected chi connectivity index (χ1v) is 6.59. The van der Waals surface area contributed by atoms with E-state index in [-0.39, 0.29) is 12.2 Å². The molecular weight excluding hydrogens is 253 g/mol. The Morgan fingerprint density at radius 1 is 1.21 bits per heavy atom. The van der Waals surface area contributed by atoms with Crippen LogP contribution in [0.3, 0.4) is 0 Å². The van der Waals surface area contributed by atoms with Gasteiger partial charge in [0.25, 0.3) is 0 Å². The topological polar surface area (TPSA) is 29.3 Å². The van der Waals surface area contributed by atoms with E-state index in [1.807, 2.05) is 13.8 Å². The third-order valence-corrected chi connectivity index (χ3v) is 3.11. The molecule has 108 valence electrons. The molecule has 0 saturated carbocycles. The van der Waals surface area contributed by atoms with Crippen LogP contribution in [0.15, 0.2) is 18.2 Å². The van der Waals surface area contributed by atoms with Crippen LogP contribution in [-0.2, 0) is 12.7 Å². The number of unbranched alkanes of at least 4 members (excludes halogenated alkanes) is 1. The molecule has 2 N–H and O–H groups in total. The van der Waals surface area contributed by atoms with Gasteiger partial charge in [-0.05, 0) is 31.0 Å². The van der Waals surface area contributed by atoms with Crippen molar-refractivity contribution in [3.63, 3.8) is 0 Å². The fourth-order valence-corrected chi connectivity index (χ4v) is 2.01. The average Bonchev–Trinajstić information content (AvgIpc) is 2.38. The van der Waals surface area contributed by atoms with Gasteiger partial charge in [-0.2, -0.15) is 13.2 Å². The summed E-state index contributed by atoms with van der Waals surface area (Å²) in [4.78, 5) is 1.77. The van der Waals surface area contributed by atoms with E-state index < -0.39 is 11.7 Å². The predicted molar refractivity (Wildman–Crippen MR) is 72.1 cm³/mol. The van der Waals surface area contributed by atoms with Crippen molar-refractivity contribution in [2.24, 2.45) is 5.73 Å². The summed E-state index contributed by atoms with van der Waals surface area (Å²) in [6.07, 6.45) is -2.51. The van der Waals surface area contributed by atoms with Crippen molar-refractivity contribution in [3.05, 3.63) is 29.3 Å². The molecule has 0 radical (unpaired) electrons. The Labute approximate surface area is 112 Å². The lowest BCUT2D eigenvalue weighted by atomic mass is 10.1. The first kappa shape index (κ1) is 15.8. The van der Waals surface area contributed by atoms with Crippen LogP contribution in [0.25, 0.3) is 0 Å². The lowest BCUT2D eigenvalue weighted by Gasteiger charge is -2.27. The van der Waals surface area contributed by atoms with Crippen molar-refractivity contribution < 1.29 is 13.2 Å². The molecule has 5 heteroatoms. The lowest BCUT2D eigenvalue weighted by Crippen LogP contribution is -2.27. The number of anilines is 1. The highest BCUT2D eigenvalue weighted by atomic mass is 19.4. The zero-order valence-corrected chi connectivity index (χ0v) is 11.4. The van der Waals surface area contributed by atoms with E-state index in [1.54, 1.807) is 11.0 Å². The summed E-state index contributed by atoms with van der Waals surface area (Å²) in [5.74, 6) is 0. The fourth-order valence-electron chi connectivity index (χ4n) is 2.01. The second-order valence-electron chi connectivity index (χ2n) is 4.49. The Kier molecular flexibility index (Phi) is 5.66. The molecule has 0 saturated heterocycles. The largest absolute Gasteiger partial charge is 0.418 e. The first-order valence-electron chi connectivity index (χ1n) is 6.59. The van der Waals surface area contributed by atoms with Crippen molar-refractivity contribution in [1.82, 2.24) is 0 Å². The molecule has 0 amide bonds. The zero-order valence-electron chi connectivity index (χ0n) is 11.4. The van der Waals surface area contributed by atoms with Crippen molar-refractivity contribution in [2.45, 2.75) is 39.4 Å². The third kappa shape index (κ3) is 4.13. The standard InChI is InChI=1S/C14H21F3N2/c1-3-5-8-19(4-2)13-7-6-11(10-18)9-12(13)14(15,16)17/h6-7,9H,3-5,8,10,18H2,1-2H3. The van der Waals surface area contributed by atoms with E-state index in [2.05, 4.69) is 0 Å². The Bertz CT molecular complexity index is 402. The van der Waals surface area contributed by atoms with Crippen LogP contribution >= 0.6 is 0 Å². The minimum absolute atomic E-state index is 0.116. The van der Waals surface area contributed by atoms with E-state index in [9.17, 15) is 13.2 Å².